The fourth-order valence-electron chi connectivity index (χ4n) is 20.6. The second-order valence-corrected chi connectivity index (χ2v) is 39.8. The molecule has 8 fully saturated rings. The molecular formula is C102H123N15O15. The number of piperidine rings is 2. The quantitative estimate of drug-likeness (QED) is 0.0218. The van der Waals surface area contributed by atoms with Crippen LogP contribution in [0, 0.1) is 52.3 Å². The van der Waals surface area contributed by atoms with Crippen LogP contribution in [0.1, 0.15) is 207 Å². The summed E-state index contributed by atoms with van der Waals surface area (Å²) in [6, 6.07) is 40.4. The first kappa shape index (κ1) is 92.4. The van der Waals surface area contributed by atoms with Crippen molar-refractivity contribution < 1.29 is 71.9 Å². The number of carbonyl (C=O) groups excluding carboxylic acids is 8. The second-order valence-electron chi connectivity index (χ2n) is 39.8. The lowest BCUT2D eigenvalue weighted by Gasteiger charge is -2.37. The number of likely N-dealkylation sites (tertiary alicyclic amines) is 4. The van der Waals surface area contributed by atoms with E-state index in [-0.39, 0.29) is 101 Å². The molecule has 0 unspecified atom stereocenters. The van der Waals surface area contributed by atoms with E-state index >= 15 is 0 Å². The fraction of sp³-hybridized carbons (Fsp3) is 0.480. The van der Waals surface area contributed by atoms with Gasteiger partial charge < -0.3 is 79.4 Å². The van der Waals surface area contributed by atoms with E-state index in [0.717, 1.165) is 189 Å². The molecule has 8 heterocycles. The van der Waals surface area contributed by atoms with Gasteiger partial charge in [-0.15, -0.1) is 0 Å². The Morgan fingerprint density at radius 1 is 0.424 bits per heavy atom. The van der Waals surface area contributed by atoms with Crippen LogP contribution in [0.25, 0.3) is 88.8 Å². The summed E-state index contributed by atoms with van der Waals surface area (Å²) in [6.45, 7) is 22.2. The molecule has 4 saturated heterocycles. The third-order valence-corrected chi connectivity index (χ3v) is 28.4. The SMILES string of the molecule is COC(=O)C[C@H](C(=O)O)C(C)C.COC(=O)N[C@H](C(=O)N1CC2(CC2)C[C@H]1c1ncc(-c2ccc(-c3ccc4cc(-c5cnc([C@@H]6[C@H]7CC[C@H](C7)N6C(=O)OC(C)(C)C)[nH]5)ccc4c3)cc2)[nH]1)C(C)C.COC(=O)N[C@H](C(=O)N1CC2(CC2)C[C@H]1c1ncc(-c2ccc(-c3ccc4cc(-c5cnc([C@@H]6[C@H]7CC[C@H](C7)N6C(=O)[C@@H](NC(=O)OC)C(C)C)[nH]5)ccc4c3)cc2)[nH]1)C(C)C. The van der Waals surface area contributed by atoms with E-state index in [4.69, 9.17) is 44.0 Å². The maximum Gasteiger partial charge on any atom is 0.411 e. The number of ether oxygens (including phenoxy) is 5. The number of benzene rings is 6. The van der Waals surface area contributed by atoms with Gasteiger partial charge in [-0.05, 0) is 223 Å². The van der Waals surface area contributed by atoms with Gasteiger partial charge in [0.05, 0.1) is 113 Å². The number of aliphatic carboxylic acids is 1. The van der Waals surface area contributed by atoms with Gasteiger partial charge in [-0.25, -0.2) is 39.1 Å². The third-order valence-electron chi connectivity index (χ3n) is 28.4. The summed E-state index contributed by atoms with van der Waals surface area (Å²) in [5.74, 6) is 1.11. The Kier molecular flexibility index (Phi) is 26.4. The molecule has 0 radical (unpaired) electrons. The molecule has 4 aliphatic heterocycles. The Morgan fingerprint density at radius 3 is 1.11 bits per heavy atom. The van der Waals surface area contributed by atoms with Crippen LogP contribution in [0.5, 0.6) is 0 Å². The van der Waals surface area contributed by atoms with Crippen molar-refractivity contribution in [3.63, 3.8) is 0 Å². The number of amides is 7. The van der Waals surface area contributed by atoms with E-state index in [1.807, 2.05) is 107 Å². The highest BCUT2D eigenvalue weighted by molar-refractivity contribution is 5.94. The summed E-state index contributed by atoms with van der Waals surface area (Å²) in [4.78, 5) is 154. The number of hydrogen-bond donors (Lipinski definition) is 8. The Balaban J connectivity index is 0.000000172. The van der Waals surface area contributed by atoms with Crippen LogP contribution in [0.15, 0.2) is 146 Å². The number of rotatable bonds is 23. The number of carboxylic acid groups (broad SMARTS) is 1. The highest BCUT2D eigenvalue weighted by Crippen LogP contribution is 2.60. The molecule has 4 aliphatic carbocycles. The summed E-state index contributed by atoms with van der Waals surface area (Å²) in [5.41, 5.74) is 11.8. The van der Waals surface area contributed by atoms with Gasteiger partial charge in [0.15, 0.2) is 0 Å². The lowest BCUT2D eigenvalue weighted by Crippen LogP contribution is -2.54. The van der Waals surface area contributed by atoms with Crippen molar-refractivity contribution >= 4 is 75.6 Å². The second kappa shape index (κ2) is 37.8. The number of carboxylic acids is 1. The highest BCUT2D eigenvalue weighted by atomic mass is 16.6. The minimum absolute atomic E-state index is 0.0521. The first-order chi connectivity index (χ1) is 63.1. The van der Waals surface area contributed by atoms with Gasteiger partial charge in [-0.3, -0.25) is 28.9 Å². The zero-order chi connectivity index (χ0) is 93.7. The first-order valence-corrected chi connectivity index (χ1v) is 46.4. The number of nitrogens with zero attached hydrogens (tertiary/aromatic N) is 8. The minimum atomic E-state index is -0.949. The van der Waals surface area contributed by atoms with Gasteiger partial charge in [-0.1, -0.05) is 152 Å². The summed E-state index contributed by atoms with van der Waals surface area (Å²) in [5, 5.41) is 21.4. The lowest BCUT2D eigenvalue weighted by atomic mass is 9.93. The van der Waals surface area contributed by atoms with E-state index in [0.29, 0.717) is 24.9 Å². The number of hydrogen-bond acceptors (Lipinski definition) is 18. The van der Waals surface area contributed by atoms with Crippen LogP contribution in [0.4, 0.5) is 19.2 Å². The van der Waals surface area contributed by atoms with Gasteiger partial charge in [0.25, 0.3) is 0 Å². The van der Waals surface area contributed by atoms with Crippen molar-refractivity contribution in [3.8, 4) is 67.3 Å². The highest BCUT2D eigenvalue weighted by Gasteiger charge is 2.58. The molecule has 12 atom stereocenters. The molecule has 4 saturated carbocycles. The van der Waals surface area contributed by atoms with Gasteiger partial charge >= 0.3 is 36.3 Å². The predicted octanol–water partition coefficient (Wildman–Crippen LogP) is 18.2. The Labute approximate surface area is 769 Å². The Morgan fingerprint density at radius 2 is 0.758 bits per heavy atom. The van der Waals surface area contributed by atoms with Crippen LogP contribution in [-0.4, -0.2) is 196 Å². The molecule has 132 heavy (non-hydrogen) atoms. The van der Waals surface area contributed by atoms with Crippen molar-refractivity contribution in [1.29, 1.82) is 0 Å². The average Bonchev–Trinajstić information content (AvgIpc) is 1.57. The van der Waals surface area contributed by atoms with E-state index in [1.54, 1.807) is 13.8 Å². The van der Waals surface area contributed by atoms with Crippen molar-refractivity contribution in [3.05, 3.63) is 169 Å². The third kappa shape index (κ3) is 19.6. The maximum absolute atomic E-state index is 14.0. The van der Waals surface area contributed by atoms with Crippen LogP contribution in [0.3, 0.4) is 0 Å². The molecule has 8 aliphatic rings. The topological polar surface area (TPSA) is 384 Å². The van der Waals surface area contributed by atoms with Gasteiger partial charge in [0, 0.05) is 36.3 Å². The number of aromatic nitrogens is 8. The fourth-order valence-corrected chi connectivity index (χ4v) is 20.6. The molecule has 18 rings (SSSR count). The normalized spacial score (nSPS) is 21.4. The molecule has 30 heteroatoms. The smallest absolute Gasteiger partial charge is 0.411 e. The summed E-state index contributed by atoms with van der Waals surface area (Å²) < 4.78 is 24.7. The number of H-pyrrole nitrogens is 4. The van der Waals surface area contributed by atoms with Crippen molar-refractivity contribution in [1.82, 2.24) is 75.4 Å². The number of methoxy groups -OCH3 is 4. The Hall–Kier alpha value is -12.9. The van der Waals surface area contributed by atoms with Crippen LogP contribution in [-0.2, 0) is 47.7 Å². The number of carbonyl (C=O) groups is 9. The molecular weight excluding hydrogens is 1680 g/mol. The first-order valence-electron chi connectivity index (χ1n) is 46.4. The maximum atomic E-state index is 14.0. The monoisotopic (exact) mass is 1800 g/mol. The number of imidazole rings is 4. The number of alkyl carbamates (subject to hydrolysis) is 3. The van der Waals surface area contributed by atoms with E-state index in [9.17, 15) is 43.2 Å². The van der Waals surface area contributed by atoms with Crippen molar-refractivity contribution in [2.45, 2.75) is 220 Å². The largest absolute Gasteiger partial charge is 0.481 e. The molecule has 696 valence electrons. The average molecular weight is 1800 g/mol. The van der Waals surface area contributed by atoms with Crippen molar-refractivity contribution in [2.24, 2.45) is 52.3 Å². The van der Waals surface area contributed by atoms with Crippen LogP contribution in [0.2, 0.25) is 0 Å². The van der Waals surface area contributed by atoms with Crippen LogP contribution >= 0.6 is 0 Å². The molecule has 4 bridgehead atoms. The lowest BCUT2D eigenvalue weighted by molar-refractivity contribution is -0.151. The molecule has 8 N–H and O–H groups in total. The summed E-state index contributed by atoms with van der Waals surface area (Å²) in [7, 11) is 5.18. The molecule has 7 amide bonds. The number of nitrogens with one attached hydrogen (secondary N) is 7. The van der Waals surface area contributed by atoms with E-state index < -0.39 is 59.9 Å². The zero-order valence-electron chi connectivity index (χ0n) is 77.9. The van der Waals surface area contributed by atoms with E-state index in [1.165, 1.54) is 28.4 Å². The van der Waals surface area contributed by atoms with Crippen LogP contribution < -0.4 is 16.0 Å². The predicted molar refractivity (Wildman–Crippen MR) is 498 cm³/mol. The summed E-state index contributed by atoms with van der Waals surface area (Å²) >= 11 is 0. The van der Waals surface area contributed by atoms with Crippen molar-refractivity contribution in [2.75, 3.05) is 41.5 Å². The molecule has 30 nitrogen and oxygen atoms in total. The molecule has 4 aromatic heterocycles. The number of esters is 1. The summed E-state index contributed by atoms with van der Waals surface area (Å²) in [6.07, 6.45) is 17.4. The molecule has 2 spiro atoms. The number of fused-ring (bicyclic) bond motifs is 6. The molecule has 6 aromatic carbocycles. The Bertz CT molecular complexity index is 5950. The number of aromatic amines is 4. The van der Waals surface area contributed by atoms with Gasteiger partial charge in [0.1, 0.15) is 47.0 Å². The zero-order valence-corrected chi connectivity index (χ0v) is 77.9. The minimum Gasteiger partial charge on any atom is -0.481 e. The molecule has 10 aromatic rings. The van der Waals surface area contributed by atoms with Gasteiger partial charge in [-0.2, -0.15) is 0 Å². The van der Waals surface area contributed by atoms with E-state index in [2.05, 4.69) is 162 Å². The van der Waals surface area contributed by atoms with Gasteiger partial charge in [0.2, 0.25) is 17.7 Å². The standard InChI is InChI=1S/C48H56N8O6.C46H53N7O5.C8H14O4/c1-26(2)39(53-46(59)61-5)44(57)55-25-48(17-18-48)22-38(55)42-49-23-36(51-42)29-9-7-28(8-10-29)30-11-12-32-20-33(14-13-31(32)19-30)37-24-50-43(52-37)41-34-15-16-35(21-34)56(41)45(58)40(27(3)4)54-47(60)62-6;1-26(2)38(51-43(55)57-6)42(54)52-25-46(17-18-46)22-37(52)40-47-23-35(49-40)28-9-7-27(8-10-28)29-11-12-31-20-32(14-13-30(31)19-29)36-24-48-41(50-36)39-33-15-16-34(21-33)53(39)44(56)58-45(3,4)5;1-5(2)6(8(10)11)4-7(9)12-3/h7-14,19-20,23-24,26-27,34-35,38-41H,15-18,21-22,25H2,1-6H3,(H,49,51)(H,50,52)(H,53,59)(H,54,60);7-14,19-20,23-24,26,33-34,37-39H,15-18,21-22,25H2,1-6H3,(H,47,49)(H,48,50)(H,51,55);5-6H,4H2,1-3H3,(H,10,11)/t34-,35+,38-,39-,40-,41-;33-,34+,37-,38-,39-;6-/m000/s1.